The average Bonchev–Trinajstić information content (AvgIpc) is 3.02. The molecule has 0 unspecified atom stereocenters. The van der Waals surface area contributed by atoms with Crippen molar-refractivity contribution in [3.63, 3.8) is 0 Å². The third kappa shape index (κ3) is 4.73. The lowest BCUT2D eigenvalue weighted by Gasteiger charge is -2.19. The Morgan fingerprint density at radius 3 is 2.73 bits per heavy atom. The van der Waals surface area contributed by atoms with Crippen LogP contribution < -0.4 is 14.8 Å². The van der Waals surface area contributed by atoms with Gasteiger partial charge in [0.2, 0.25) is 5.91 Å². The summed E-state index contributed by atoms with van der Waals surface area (Å²) in [5.41, 5.74) is 1.36. The van der Waals surface area contributed by atoms with E-state index in [-0.39, 0.29) is 24.7 Å². The SMILES string of the molecule is CCOC(=O)Cc1csc(NC(=O)Cc2cc3c(cc2Br)OCCO3)n1. The molecule has 1 N–H and O–H groups in total. The van der Waals surface area contributed by atoms with Crippen molar-refractivity contribution in [1.82, 2.24) is 4.98 Å². The smallest absolute Gasteiger partial charge is 0.311 e. The molecule has 26 heavy (non-hydrogen) atoms. The summed E-state index contributed by atoms with van der Waals surface area (Å²) < 4.78 is 16.7. The number of carbonyl (C=O) groups is 2. The molecule has 0 bridgehead atoms. The molecule has 1 aromatic carbocycles. The zero-order valence-corrected chi connectivity index (χ0v) is 16.4. The van der Waals surface area contributed by atoms with Crippen molar-refractivity contribution in [3.05, 3.63) is 33.2 Å². The molecule has 7 nitrogen and oxygen atoms in total. The highest BCUT2D eigenvalue weighted by atomic mass is 79.9. The van der Waals surface area contributed by atoms with E-state index in [2.05, 4.69) is 26.2 Å². The van der Waals surface area contributed by atoms with Crippen molar-refractivity contribution in [2.75, 3.05) is 25.1 Å². The number of rotatable bonds is 6. The quantitative estimate of drug-likeness (QED) is 0.694. The molecule has 0 fully saturated rings. The van der Waals surface area contributed by atoms with Crippen molar-refractivity contribution in [2.24, 2.45) is 0 Å². The second-order valence-electron chi connectivity index (χ2n) is 5.44. The molecule has 0 saturated carbocycles. The predicted molar refractivity (Wildman–Crippen MR) is 99.9 cm³/mol. The van der Waals surface area contributed by atoms with Crippen LogP contribution in [-0.4, -0.2) is 36.7 Å². The number of ether oxygens (including phenoxy) is 3. The van der Waals surface area contributed by atoms with Crippen molar-refractivity contribution in [1.29, 1.82) is 0 Å². The summed E-state index contributed by atoms with van der Waals surface area (Å²) in [5, 5.41) is 4.92. The fourth-order valence-corrected chi connectivity index (χ4v) is 3.57. The zero-order chi connectivity index (χ0) is 18.5. The minimum absolute atomic E-state index is 0.0912. The second-order valence-corrected chi connectivity index (χ2v) is 7.15. The molecule has 0 spiro atoms. The molecule has 3 rings (SSSR count). The molecular weight excluding hydrogens is 424 g/mol. The van der Waals surface area contributed by atoms with Crippen molar-refractivity contribution in [3.8, 4) is 11.5 Å². The molecule has 0 aliphatic carbocycles. The van der Waals surface area contributed by atoms with Crippen LogP contribution in [0.5, 0.6) is 11.5 Å². The van der Waals surface area contributed by atoms with Crippen LogP contribution in [0, 0.1) is 0 Å². The fraction of sp³-hybridized carbons (Fsp3) is 0.353. The minimum atomic E-state index is -0.337. The molecule has 2 aromatic rings. The normalized spacial score (nSPS) is 12.5. The van der Waals surface area contributed by atoms with Gasteiger partial charge in [0.25, 0.3) is 0 Å². The number of benzene rings is 1. The highest BCUT2D eigenvalue weighted by Gasteiger charge is 2.17. The van der Waals surface area contributed by atoms with Gasteiger partial charge < -0.3 is 19.5 Å². The second kappa shape index (κ2) is 8.50. The van der Waals surface area contributed by atoms with Gasteiger partial charge in [-0.05, 0) is 24.6 Å². The Kier molecular flexibility index (Phi) is 6.10. The van der Waals surface area contributed by atoms with Gasteiger partial charge in [0.1, 0.15) is 13.2 Å². The first kappa shape index (κ1) is 18.7. The van der Waals surface area contributed by atoms with Crippen molar-refractivity contribution in [2.45, 2.75) is 19.8 Å². The van der Waals surface area contributed by atoms with Gasteiger partial charge in [0, 0.05) is 9.85 Å². The molecule has 9 heteroatoms. The Morgan fingerprint density at radius 1 is 1.27 bits per heavy atom. The maximum atomic E-state index is 12.3. The summed E-state index contributed by atoms with van der Waals surface area (Å²) in [4.78, 5) is 28.0. The highest BCUT2D eigenvalue weighted by molar-refractivity contribution is 9.10. The van der Waals surface area contributed by atoms with Crippen LogP contribution in [0.25, 0.3) is 0 Å². The first-order valence-electron chi connectivity index (χ1n) is 8.03. The number of nitrogens with zero attached hydrogens (tertiary/aromatic N) is 1. The lowest BCUT2D eigenvalue weighted by atomic mass is 10.1. The number of hydrogen-bond acceptors (Lipinski definition) is 7. The van der Waals surface area contributed by atoms with Crippen LogP contribution in [0.1, 0.15) is 18.2 Å². The third-order valence-corrected chi connectivity index (χ3v) is 5.04. The number of hydrogen-bond donors (Lipinski definition) is 1. The van der Waals surface area contributed by atoms with Crippen LogP contribution in [0.15, 0.2) is 22.0 Å². The topological polar surface area (TPSA) is 86.8 Å². The summed E-state index contributed by atoms with van der Waals surface area (Å²) in [7, 11) is 0. The van der Waals surface area contributed by atoms with Gasteiger partial charge in [-0.2, -0.15) is 0 Å². The van der Waals surface area contributed by atoms with E-state index in [0.29, 0.717) is 42.1 Å². The highest BCUT2D eigenvalue weighted by Crippen LogP contribution is 2.35. The molecule has 1 aromatic heterocycles. The molecule has 138 valence electrons. The molecule has 1 amide bonds. The monoisotopic (exact) mass is 440 g/mol. The lowest BCUT2D eigenvalue weighted by Crippen LogP contribution is -2.17. The number of fused-ring (bicyclic) bond motifs is 1. The number of thiazole rings is 1. The lowest BCUT2D eigenvalue weighted by molar-refractivity contribution is -0.142. The molecule has 0 atom stereocenters. The number of amides is 1. The summed E-state index contributed by atoms with van der Waals surface area (Å²) in [5.74, 6) is 0.749. The number of esters is 1. The van der Waals surface area contributed by atoms with E-state index >= 15 is 0 Å². The van der Waals surface area contributed by atoms with E-state index in [0.717, 1.165) is 10.0 Å². The molecule has 1 aliphatic heterocycles. The van der Waals surface area contributed by atoms with Crippen LogP contribution in [0.3, 0.4) is 0 Å². The van der Waals surface area contributed by atoms with Crippen LogP contribution >= 0.6 is 27.3 Å². The van der Waals surface area contributed by atoms with Crippen molar-refractivity contribution >= 4 is 44.3 Å². The Labute approximate surface area is 162 Å². The maximum Gasteiger partial charge on any atom is 0.311 e. The zero-order valence-electron chi connectivity index (χ0n) is 14.0. The van der Waals surface area contributed by atoms with Gasteiger partial charge in [0.05, 0.1) is 25.1 Å². The van der Waals surface area contributed by atoms with E-state index in [1.54, 1.807) is 24.4 Å². The standard InChI is InChI=1S/C17H17BrN2O5S/c1-2-23-16(22)7-11-9-26-17(19-11)20-15(21)6-10-5-13-14(8-12(10)18)25-4-3-24-13/h5,8-9H,2-4,6-7H2,1H3,(H,19,20,21). The van der Waals surface area contributed by atoms with E-state index in [4.69, 9.17) is 14.2 Å². The largest absolute Gasteiger partial charge is 0.486 e. The Balaban J connectivity index is 1.61. The maximum absolute atomic E-state index is 12.3. The average molecular weight is 441 g/mol. The van der Waals surface area contributed by atoms with Gasteiger partial charge in [-0.1, -0.05) is 15.9 Å². The number of aromatic nitrogens is 1. The first-order valence-corrected chi connectivity index (χ1v) is 9.70. The van der Waals surface area contributed by atoms with Crippen molar-refractivity contribution < 1.29 is 23.8 Å². The molecule has 2 heterocycles. The Hall–Kier alpha value is -2.13. The van der Waals surface area contributed by atoms with E-state index < -0.39 is 0 Å². The summed E-state index contributed by atoms with van der Waals surface area (Å²) in [6, 6.07) is 3.60. The van der Waals surface area contributed by atoms with Crippen LogP contribution in [-0.2, 0) is 27.2 Å². The summed E-state index contributed by atoms with van der Waals surface area (Å²) in [6.07, 6.45) is 0.248. The number of halogens is 1. The van der Waals surface area contributed by atoms with E-state index in [1.165, 1.54) is 11.3 Å². The molecule has 0 saturated heterocycles. The summed E-state index contributed by atoms with van der Waals surface area (Å²) >= 11 is 4.72. The fourth-order valence-electron chi connectivity index (χ4n) is 2.38. The van der Waals surface area contributed by atoms with E-state index in [1.807, 2.05) is 0 Å². The Bertz CT molecular complexity index is 823. The number of carbonyl (C=O) groups excluding carboxylic acids is 2. The van der Waals surface area contributed by atoms with Gasteiger partial charge in [-0.15, -0.1) is 11.3 Å². The first-order chi connectivity index (χ1) is 12.5. The molecule has 1 aliphatic rings. The van der Waals surface area contributed by atoms with Crippen LogP contribution in [0.4, 0.5) is 5.13 Å². The predicted octanol–water partition coefficient (Wildman–Crippen LogP) is 2.96. The van der Waals surface area contributed by atoms with E-state index in [9.17, 15) is 9.59 Å². The van der Waals surface area contributed by atoms with Gasteiger partial charge in [-0.25, -0.2) is 4.98 Å². The van der Waals surface area contributed by atoms with Crippen LogP contribution in [0.2, 0.25) is 0 Å². The number of nitrogens with one attached hydrogen (secondary N) is 1. The third-order valence-electron chi connectivity index (χ3n) is 3.49. The number of anilines is 1. The summed E-state index contributed by atoms with van der Waals surface area (Å²) in [6.45, 7) is 3.08. The minimum Gasteiger partial charge on any atom is -0.486 e. The Morgan fingerprint density at radius 2 is 2.00 bits per heavy atom. The molecular formula is C17H17BrN2O5S. The van der Waals surface area contributed by atoms with Gasteiger partial charge in [-0.3, -0.25) is 9.59 Å². The molecule has 0 radical (unpaired) electrons. The van der Waals surface area contributed by atoms with Gasteiger partial charge in [0.15, 0.2) is 16.6 Å². The van der Waals surface area contributed by atoms with Gasteiger partial charge >= 0.3 is 5.97 Å².